The molecule has 0 N–H and O–H groups in total. The van der Waals surface area contributed by atoms with Crippen molar-refractivity contribution >= 4 is 28.7 Å². The van der Waals surface area contributed by atoms with E-state index in [1.165, 1.54) is 17.5 Å². The predicted octanol–water partition coefficient (Wildman–Crippen LogP) is 4.84. The fraction of sp³-hybridized carbons (Fsp3) is 0.417. The molecular formula is C24H29N3O2S. The van der Waals surface area contributed by atoms with Crippen molar-refractivity contribution in [3.05, 3.63) is 53.6 Å². The molecule has 4 rings (SSSR count). The molecular weight excluding hydrogens is 394 g/mol. The van der Waals surface area contributed by atoms with Crippen LogP contribution in [0.25, 0.3) is 11.0 Å². The van der Waals surface area contributed by atoms with Gasteiger partial charge in [0.05, 0.1) is 17.6 Å². The third-order valence-electron chi connectivity index (χ3n) is 5.40. The monoisotopic (exact) mass is 423 g/mol. The smallest absolute Gasteiger partial charge is 0.242 e. The minimum atomic E-state index is 0.186. The highest BCUT2D eigenvalue weighted by Gasteiger charge is 2.20. The molecule has 0 atom stereocenters. The second-order valence-corrected chi connectivity index (χ2v) is 8.99. The summed E-state index contributed by atoms with van der Waals surface area (Å²) in [5.41, 5.74) is 4.36. The number of aryl methyl sites for hydroxylation is 2. The van der Waals surface area contributed by atoms with Gasteiger partial charge < -0.3 is 14.2 Å². The van der Waals surface area contributed by atoms with Crippen molar-refractivity contribution in [2.45, 2.75) is 44.8 Å². The van der Waals surface area contributed by atoms with Crippen molar-refractivity contribution in [1.82, 2.24) is 14.5 Å². The zero-order chi connectivity index (χ0) is 20.9. The van der Waals surface area contributed by atoms with Gasteiger partial charge in [-0.25, -0.2) is 4.98 Å². The summed E-state index contributed by atoms with van der Waals surface area (Å²) in [5.74, 6) is 1.86. The number of carbonyl (C=O) groups is 1. The number of imidazole rings is 1. The Morgan fingerprint density at radius 1 is 1.07 bits per heavy atom. The Bertz CT molecular complexity index is 1000. The van der Waals surface area contributed by atoms with Gasteiger partial charge in [0, 0.05) is 18.8 Å². The van der Waals surface area contributed by atoms with Gasteiger partial charge in [-0.1, -0.05) is 30.0 Å². The van der Waals surface area contributed by atoms with Gasteiger partial charge in [0.25, 0.3) is 0 Å². The molecule has 1 aliphatic heterocycles. The summed E-state index contributed by atoms with van der Waals surface area (Å²) >= 11 is 1.65. The molecule has 30 heavy (non-hydrogen) atoms. The van der Waals surface area contributed by atoms with Gasteiger partial charge in [0.2, 0.25) is 5.91 Å². The molecule has 5 nitrogen and oxygen atoms in total. The Kier molecular flexibility index (Phi) is 6.62. The van der Waals surface area contributed by atoms with Gasteiger partial charge in [-0.2, -0.15) is 0 Å². The zero-order valence-electron chi connectivity index (χ0n) is 17.8. The molecule has 1 fully saturated rings. The van der Waals surface area contributed by atoms with Crippen LogP contribution in [-0.4, -0.2) is 45.8 Å². The largest absolute Gasteiger partial charge is 0.493 e. The standard InChI is InChI=1S/C24H29N3O2S/c1-18-14-19(2)16-20(15-18)29-12-13-30-24-25-21-8-4-5-9-22(21)27(24)17-23(28)26-10-6-3-7-11-26/h4-5,8-9,14-16H,3,6-7,10-13,17H2,1-2H3. The van der Waals surface area contributed by atoms with Gasteiger partial charge in [-0.15, -0.1) is 0 Å². The van der Waals surface area contributed by atoms with Crippen LogP contribution in [0.15, 0.2) is 47.6 Å². The van der Waals surface area contributed by atoms with Crippen molar-refractivity contribution in [1.29, 1.82) is 0 Å². The summed E-state index contributed by atoms with van der Waals surface area (Å²) in [7, 11) is 0. The van der Waals surface area contributed by atoms with Crippen LogP contribution in [0.5, 0.6) is 5.75 Å². The first-order chi connectivity index (χ1) is 14.6. The molecule has 158 valence electrons. The number of likely N-dealkylation sites (tertiary alicyclic amines) is 1. The molecule has 6 heteroatoms. The van der Waals surface area contributed by atoms with Gasteiger partial charge in [-0.05, 0) is 68.5 Å². The third-order valence-corrected chi connectivity index (χ3v) is 6.34. The van der Waals surface area contributed by atoms with Crippen molar-refractivity contribution in [3.63, 3.8) is 0 Å². The number of nitrogens with zero attached hydrogens (tertiary/aromatic N) is 3. The summed E-state index contributed by atoms with van der Waals surface area (Å²) in [6.45, 7) is 6.85. The SMILES string of the molecule is Cc1cc(C)cc(OCCSc2nc3ccccc3n2CC(=O)N2CCCCC2)c1. The minimum Gasteiger partial charge on any atom is -0.493 e. The predicted molar refractivity (Wildman–Crippen MR) is 122 cm³/mol. The number of para-hydroxylation sites is 2. The number of benzene rings is 2. The Morgan fingerprint density at radius 3 is 2.57 bits per heavy atom. The van der Waals surface area contributed by atoms with Gasteiger partial charge in [0.1, 0.15) is 12.3 Å². The highest BCUT2D eigenvalue weighted by molar-refractivity contribution is 7.99. The number of hydrogen-bond donors (Lipinski definition) is 0. The van der Waals surface area contributed by atoms with Crippen LogP contribution in [0.1, 0.15) is 30.4 Å². The van der Waals surface area contributed by atoms with Crippen LogP contribution in [0.4, 0.5) is 0 Å². The maximum Gasteiger partial charge on any atom is 0.242 e. The lowest BCUT2D eigenvalue weighted by molar-refractivity contribution is -0.132. The first-order valence-electron chi connectivity index (χ1n) is 10.7. The number of ether oxygens (including phenoxy) is 1. The molecule has 1 aromatic heterocycles. The molecule has 1 aliphatic rings. The normalized spacial score (nSPS) is 14.3. The Balaban J connectivity index is 1.43. The van der Waals surface area contributed by atoms with E-state index in [0.717, 1.165) is 53.6 Å². The molecule has 1 saturated heterocycles. The second kappa shape index (κ2) is 9.56. The number of piperidine rings is 1. The van der Waals surface area contributed by atoms with E-state index in [2.05, 4.69) is 36.6 Å². The highest BCUT2D eigenvalue weighted by atomic mass is 32.2. The van der Waals surface area contributed by atoms with E-state index in [9.17, 15) is 4.79 Å². The molecule has 0 spiro atoms. The minimum absolute atomic E-state index is 0.186. The van der Waals surface area contributed by atoms with Gasteiger partial charge >= 0.3 is 0 Å². The van der Waals surface area contributed by atoms with Crippen molar-refractivity contribution in [2.24, 2.45) is 0 Å². The summed E-state index contributed by atoms with van der Waals surface area (Å²) < 4.78 is 8.01. The van der Waals surface area contributed by atoms with E-state index in [0.29, 0.717) is 13.2 Å². The Labute approximate surface area is 182 Å². The number of fused-ring (bicyclic) bond motifs is 1. The second-order valence-electron chi connectivity index (χ2n) is 7.93. The van der Waals surface area contributed by atoms with E-state index in [4.69, 9.17) is 9.72 Å². The van der Waals surface area contributed by atoms with Crippen molar-refractivity contribution in [2.75, 3.05) is 25.4 Å². The maximum absolute atomic E-state index is 12.9. The molecule has 0 unspecified atom stereocenters. The molecule has 0 saturated carbocycles. The van der Waals surface area contributed by atoms with E-state index in [-0.39, 0.29) is 5.91 Å². The van der Waals surface area contributed by atoms with E-state index in [1.807, 2.05) is 29.2 Å². The average Bonchev–Trinajstić information content (AvgIpc) is 3.08. The van der Waals surface area contributed by atoms with E-state index < -0.39 is 0 Å². The van der Waals surface area contributed by atoms with Gasteiger partial charge in [0.15, 0.2) is 5.16 Å². The number of rotatable bonds is 7. The van der Waals surface area contributed by atoms with Gasteiger partial charge in [-0.3, -0.25) is 4.79 Å². The average molecular weight is 424 g/mol. The third kappa shape index (κ3) is 4.98. The summed E-state index contributed by atoms with van der Waals surface area (Å²) in [6.07, 6.45) is 3.43. The lowest BCUT2D eigenvalue weighted by Crippen LogP contribution is -2.37. The quantitative estimate of drug-likeness (QED) is 0.403. The summed E-state index contributed by atoms with van der Waals surface area (Å²) in [5, 5.41) is 0.880. The van der Waals surface area contributed by atoms with Crippen molar-refractivity contribution < 1.29 is 9.53 Å². The molecule has 0 aliphatic carbocycles. The number of thioether (sulfide) groups is 1. The molecule has 2 heterocycles. The van der Waals surface area contributed by atoms with Crippen LogP contribution in [0, 0.1) is 13.8 Å². The number of hydrogen-bond acceptors (Lipinski definition) is 4. The molecule has 0 radical (unpaired) electrons. The number of aromatic nitrogens is 2. The zero-order valence-corrected chi connectivity index (χ0v) is 18.6. The Hall–Kier alpha value is -2.47. The fourth-order valence-electron chi connectivity index (χ4n) is 4.00. The molecule has 1 amide bonds. The van der Waals surface area contributed by atoms with E-state index >= 15 is 0 Å². The lowest BCUT2D eigenvalue weighted by Gasteiger charge is -2.27. The summed E-state index contributed by atoms with van der Waals surface area (Å²) in [6, 6.07) is 14.3. The molecule has 0 bridgehead atoms. The van der Waals surface area contributed by atoms with Crippen LogP contribution >= 0.6 is 11.8 Å². The number of carbonyl (C=O) groups excluding carboxylic acids is 1. The Morgan fingerprint density at radius 2 is 1.80 bits per heavy atom. The summed E-state index contributed by atoms with van der Waals surface area (Å²) in [4.78, 5) is 19.7. The first-order valence-corrected chi connectivity index (χ1v) is 11.7. The van der Waals surface area contributed by atoms with Crippen LogP contribution < -0.4 is 4.74 Å². The first kappa shape index (κ1) is 20.8. The fourth-order valence-corrected chi connectivity index (χ4v) is 4.83. The van der Waals surface area contributed by atoms with Crippen LogP contribution in [-0.2, 0) is 11.3 Å². The molecule has 2 aromatic carbocycles. The topological polar surface area (TPSA) is 47.4 Å². The van der Waals surface area contributed by atoms with Crippen LogP contribution in [0.3, 0.4) is 0 Å². The lowest BCUT2D eigenvalue weighted by atomic mass is 10.1. The van der Waals surface area contributed by atoms with E-state index in [1.54, 1.807) is 11.8 Å². The number of amides is 1. The van der Waals surface area contributed by atoms with Crippen molar-refractivity contribution in [3.8, 4) is 5.75 Å². The maximum atomic E-state index is 12.9. The van der Waals surface area contributed by atoms with Crippen LogP contribution in [0.2, 0.25) is 0 Å². The molecule has 3 aromatic rings. The highest BCUT2D eigenvalue weighted by Crippen LogP contribution is 2.25.